The van der Waals surface area contributed by atoms with Crippen LogP contribution in [-0.2, 0) is 4.79 Å². The van der Waals surface area contributed by atoms with Crippen molar-refractivity contribution >= 4 is 39.2 Å². The predicted octanol–water partition coefficient (Wildman–Crippen LogP) is 5.02. The molecular formula is C20H19NO3S. The number of aryl methyl sites for hydroxylation is 2. The van der Waals surface area contributed by atoms with E-state index in [1.807, 2.05) is 56.3 Å². The number of thiazole rings is 1. The summed E-state index contributed by atoms with van der Waals surface area (Å²) in [5, 5.41) is 19.8. The zero-order valence-electron chi connectivity index (χ0n) is 14.1. The number of para-hydroxylation sites is 1. The monoisotopic (exact) mass is 353 g/mol. The average Bonchev–Trinajstić information content (AvgIpc) is 3.00. The zero-order chi connectivity index (χ0) is 18.0. The maximum atomic E-state index is 11.0. The second kappa shape index (κ2) is 7.07. The SMILES string of the molecule is Cc1cc(/C=C(/CCC(=O)O)c2nc3ccccc3s2)cc(C)c1O. The smallest absolute Gasteiger partial charge is 0.303 e. The van der Waals surface area contributed by atoms with Gasteiger partial charge in [-0.3, -0.25) is 4.79 Å². The quantitative estimate of drug-likeness (QED) is 0.675. The highest BCUT2D eigenvalue weighted by Crippen LogP contribution is 2.32. The lowest BCUT2D eigenvalue weighted by Gasteiger charge is -2.07. The molecule has 0 amide bonds. The molecule has 0 radical (unpaired) electrons. The molecule has 0 spiro atoms. The van der Waals surface area contributed by atoms with Gasteiger partial charge in [0.2, 0.25) is 0 Å². The minimum Gasteiger partial charge on any atom is -0.507 e. The Morgan fingerprint density at radius 3 is 2.48 bits per heavy atom. The van der Waals surface area contributed by atoms with Crippen LogP contribution in [0.2, 0.25) is 0 Å². The molecule has 1 heterocycles. The molecule has 0 aliphatic heterocycles. The molecule has 128 valence electrons. The number of nitrogens with zero attached hydrogens (tertiary/aromatic N) is 1. The van der Waals surface area contributed by atoms with E-state index in [0.29, 0.717) is 12.2 Å². The number of allylic oxidation sites excluding steroid dienone is 1. The largest absolute Gasteiger partial charge is 0.507 e. The van der Waals surface area contributed by atoms with Crippen LogP contribution in [0.3, 0.4) is 0 Å². The highest BCUT2D eigenvalue weighted by atomic mass is 32.1. The van der Waals surface area contributed by atoms with Crippen LogP contribution in [0.4, 0.5) is 0 Å². The summed E-state index contributed by atoms with van der Waals surface area (Å²) in [6.45, 7) is 3.71. The molecule has 0 unspecified atom stereocenters. The van der Waals surface area contributed by atoms with Gasteiger partial charge in [0.15, 0.2) is 0 Å². The number of phenolic OH excluding ortho intramolecular Hbond substituents is 1. The number of aromatic nitrogens is 1. The molecule has 4 nitrogen and oxygen atoms in total. The standard InChI is InChI=1S/C20H19NO3S/c1-12-9-14(10-13(2)19(12)24)11-15(7-8-18(22)23)20-21-16-5-3-4-6-17(16)25-20/h3-6,9-11,24H,7-8H2,1-2H3,(H,22,23)/b15-11-. The number of benzene rings is 2. The molecule has 5 heteroatoms. The lowest BCUT2D eigenvalue weighted by molar-refractivity contribution is -0.136. The fourth-order valence-corrected chi connectivity index (χ4v) is 3.78. The van der Waals surface area contributed by atoms with Gasteiger partial charge in [-0.05, 0) is 72.9 Å². The summed E-state index contributed by atoms with van der Waals surface area (Å²) < 4.78 is 1.08. The third-order valence-electron chi connectivity index (χ3n) is 4.03. The van der Waals surface area contributed by atoms with Crippen LogP contribution in [0, 0.1) is 13.8 Å². The third-order valence-corrected chi connectivity index (χ3v) is 5.14. The fraction of sp³-hybridized carbons (Fsp3) is 0.200. The zero-order valence-corrected chi connectivity index (χ0v) is 14.9. The van der Waals surface area contributed by atoms with E-state index in [2.05, 4.69) is 4.98 Å². The number of hydrogen-bond acceptors (Lipinski definition) is 4. The lowest BCUT2D eigenvalue weighted by atomic mass is 10.0. The van der Waals surface area contributed by atoms with Gasteiger partial charge in [0.05, 0.1) is 10.2 Å². The van der Waals surface area contributed by atoms with Crippen LogP contribution in [0.1, 0.15) is 34.5 Å². The number of phenols is 1. The van der Waals surface area contributed by atoms with E-state index >= 15 is 0 Å². The van der Waals surface area contributed by atoms with Gasteiger partial charge in [0.1, 0.15) is 10.8 Å². The minimum atomic E-state index is -0.829. The van der Waals surface area contributed by atoms with Gasteiger partial charge in [0.25, 0.3) is 0 Å². The Kier molecular flexibility index (Phi) is 4.86. The van der Waals surface area contributed by atoms with E-state index in [1.165, 1.54) is 0 Å². The molecule has 3 rings (SSSR count). The molecule has 1 aromatic heterocycles. The van der Waals surface area contributed by atoms with Crippen molar-refractivity contribution in [1.29, 1.82) is 0 Å². The fourth-order valence-electron chi connectivity index (χ4n) is 2.77. The average molecular weight is 353 g/mol. The van der Waals surface area contributed by atoms with Gasteiger partial charge in [0, 0.05) is 6.42 Å². The number of carboxylic acid groups (broad SMARTS) is 1. The summed E-state index contributed by atoms with van der Waals surface area (Å²) in [6.07, 6.45) is 2.44. The normalized spacial score (nSPS) is 11.8. The van der Waals surface area contributed by atoms with Gasteiger partial charge >= 0.3 is 5.97 Å². The first-order valence-electron chi connectivity index (χ1n) is 8.02. The van der Waals surface area contributed by atoms with Crippen molar-refractivity contribution in [2.45, 2.75) is 26.7 Å². The van der Waals surface area contributed by atoms with E-state index in [9.17, 15) is 9.90 Å². The Balaban J connectivity index is 2.06. The second-order valence-corrected chi connectivity index (χ2v) is 7.08. The van der Waals surface area contributed by atoms with Crippen molar-refractivity contribution < 1.29 is 15.0 Å². The van der Waals surface area contributed by atoms with Crippen molar-refractivity contribution in [3.8, 4) is 5.75 Å². The molecule has 0 atom stereocenters. The van der Waals surface area contributed by atoms with Crippen molar-refractivity contribution in [3.63, 3.8) is 0 Å². The predicted molar refractivity (Wildman–Crippen MR) is 102 cm³/mol. The van der Waals surface area contributed by atoms with Gasteiger partial charge in [-0.1, -0.05) is 12.1 Å². The Hall–Kier alpha value is -2.66. The maximum absolute atomic E-state index is 11.0. The summed E-state index contributed by atoms with van der Waals surface area (Å²) in [4.78, 5) is 15.7. The Labute approximate surface area is 150 Å². The number of rotatable bonds is 5. The summed E-state index contributed by atoms with van der Waals surface area (Å²) in [5.41, 5.74) is 4.35. The van der Waals surface area contributed by atoms with Crippen LogP contribution in [0.5, 0.6) is 5.75 Å². The molecule has 0 aliphatic rings. The van der Waals surface area contributed by atoms with Gasteiger partial charge in [-0.25, -0.2) is 4.98 Å². The van der Waals surface area contributed by atoms with E-state index < -0.39 is 5.97 Å². The number of aromatic hydroxyl groups is 1. The van der Waals surface area contributed by atoms with E-state index in [-0.39, 0.29) is 6.42 Å². The molecule has 0 bridgehead atoms. The highest BCUT2D eigenvalue weighted by molar-refractivity contribution is 7.19. The first-order valence-corrected chi connectivity index (χ1v) is 8.84. The van der Waals surface area contributed by atoms with Crippen LogP contribution in [0.15, 0.2) is 36.4 Å². The van der Waals surface area contributed by atoms with Crippen LogP contribution in [-0.4, -0.2) is 21.2 Å². The molecule has 0 saturated carbocycles. The number of carboxylic acids is 1. The Bertz CT molecular complexity index is 916. The van der Waals surface area contributed by atoms with Crippen molar-refractivity contribution in [1.82, 2.24) is 4.98 Å². The lowest BCUT2D eigenvalue weighted by Crippen LogP contribution is -1.95. The molecule has 2 aromatic carbocycles. The summed E-state index contributed by atoms with van der Waals surface area (Å²) in [5.74, 6) is -0.533. The van der Waals surface area contributed by atoms with Gasteiger partial charge < -0.3 is 10.2 Å². The Morgan fingerprint density at radius 1 is 1.16 bits per heavy atom. The van der Waals surface area contributed by atoms with Crippen molar-refractivity contribution in [2.75, 3.05) is 0 Å². The van der Waals surface area contributed by atoms with Gasteiger partial charge in [-0.2, -0.15) is 0 Å². The molecule has 2 N–H and O–H groups in total. The van der Waals surface area contributed by atoms with Crippen LogP contribution in [0.25, 0.3) is 21.9 Å². The minimum absolute atomic E-state index is 0.0534. The van der Waals surface area contributed by atoms with Crippen molar-refractivity contribution in [3.05, 3.63) is 58.1 Å². The molecule has 3 aromatic rings. The number of fused-ring (bicyclic) bond motifs is 1. The highest BCUT2D eigenvalue weighted by Gasteiger charge is 2.12. The topological polar surface area (TPSA) is 70.4 Å². The second-order valence-electron chi connectivity index (χ2n) is 6.05. The third kappa shape index (κ3) is 3.88. The summed E-state index contributed by atoms with van der Waals surface area (Å²) >= 11 is 1.57. The van der Waals surface area contributed by atoms with E-state index in [0.717, 1.165) is 37.5 Å². The molecule has 0 fully saturated rings. The van der Waals surface area contributed by atoms with E-state index in [4.69, 9.17) is 5.11 Å². The summed E-state index contributed by atoms with van der Waals surface area (Å²) in [7, 11) is 0. The maximum Gasteiger partial charge on any atom is 0.303 e. The Morgan fingerprint density at radius 2 is 1.84 bits per heavy atom. The van der Waals surface area contributed by atoms with Crippen molar-refractivity contribution in [2.24, 2.45) is 0 Å². The summed E-state index contributed by atoms with van der Waals surface area (Å²) in [6, 6.07) is 11.7. The van der Waals surface area contributed by atoms with Crippen LogP contribution < -0.4 is 0 Å². The molecule has 0 aliphatic carbocycles. The number of hydrogen-bond donors (Lipinski definition) is 2. The van der Waals surface area contributed by atoms with Crippen LogP contribution >= 0.6 is 11.3 Å². The molecular weight excluding hydrogens is 334 g/mol. The van der Waals surface area contributed by atoms with Gasteiger partial charge in [-0.15, -0.1) is 11.3 Å². The molecule has 0 saturated heterocycles. The number of carbonyl (C=O) groups is 1. The molecule has 25 heavy (non-hydrogen) atoms. The van der Waals surface area contributed by atoms with E-state index in [1.54, 1.807) is 11.3 Å². The first-order chi connectivity index (χ1) is 11.9. The number of aliphatic carboxylic acids is 1. The first kappa shape index (κ1) is 17.2.